The van der Waals surface area contributed by atoms with E-state index in [2.05, 4.69) is 40.1 Å². The van der Waals surface area contributed by atoms with E-state index >= 15 is 0 Å². The highest BCUT2D eigenvalue weighted by atomic mass is 16.5. The second kappa shape index (κ2) is 7.45. The number of hydrogen-bond donors (Lipinski definition) is 0. The zero-order valence-corrected chi connectivity index (χ0v) is 17.0. The predicted octanol–water partition coefficient (Wildman–Crippen LogP) is 3.49. The van der Waals surface area contributed by atoms with Gasteiger partial charge in [-0.3, -0.25) is 4.90 Å². The van der Waals surface area contributed by atoms with Gasteiger partial charge in [-0.1, -0.05) is 30.3 Å². The number of methoxy groups -OCH3 is 1. The van der Waals surface area contributed by atoms with Crippen LogP contribution >= 0.6 is 0 Å². The third kappa shape index (κ3) is 3.31. The highest BCUT2D eigenvalue weighted by Crippen LogP contribution is 2.41. The first-order chi connectivity index (χ1) is 13.7. The molecular formula is C23H30N4O. The predicted molar refractivity (Wildman–Crippen MR) is 110 cm³/mol. The van der Waals surface area contributed by atoms with Crippen molar-refractivity contribution in [1.82, 2.24) is 14.9 Å². The fourth-order valence-electron chi connectivity index (χ4n) is 5.43. The highest BCUT2D eigenvalue weighted by molar-refractivity contribution is 5.53. The van der Waals surface area contributed by atoms with Gasteiger partial charge in [-0.25, -0.2) is 9.97 Å². The van der Waals surface area contributed by atoms with Crippen LogP contribution in [0.5, 0.6) is 0 Å². The molecule has 0 saturated carbocycles. The number of aromatic nitrogens is 2. The number of piperidine rings is 1. The molecule has 0 unspecified atom stereocenters. The molecule has 5 rings (SSSR count). The van der Waals surface area contributed by atoms with Gasteiger partial charge in [0.05, 0.1) is 11.8 Å². The van der Waals surface area contributed by atoms with E-state index in [0.717, 1.165) is 44.7 Å². The maximum Gasteiger partial charge on any atom is 0.137 e. The Morgan fingerprint density at radius 1 is 1.07 bits per heavy atom. The molecule has 0 spiro atoms. The second-order valence-electron chi connectivity index (χ2n) is 8.59. The van der Waals surface area contributed by atoms with Crippen LogP contribution in [0.3, 0.4) is 0 Å². The molecule has 28 heavy (non-hydrogen) atoms. The van der Waals surface area contributed by atoms with E-state index in [-0.39, 0.29) is 0 Å². The summed E-state index contributed by atoms with van der Waals surface area (Å²) in [6, 6.07) is 11.9. The largest absolute Gasteiger partial charge is 0.381 e. The summed E-state index contributed by atoms with van der Waals surface area (Å²) in [5.74, 6) is 2.13. The number of benzene rings is 1. The molecule has 4 heterocycles. The highest BCUT2D eigenvalue weighted by Gasteiger charge is 2.43. The van der Waals surface area contributed by atoms with Crippen LogP contribution in [0.1, 0.15) is 48.3 Å². The van der Waals surface area contributed by atoms with Crippen molar-refractivity contribution in [3.8, 4) is 0 Å². The minimum absolute atomic E-state index is 0.405. The van der Waals surface area contributed by atoms with Crippen LogP contribution in [-0.2, 0) is 24.2 Å². The molecule has 0 aliphatic carbocycles. The molecule has 2 saturated heterocycles. The summed E-state index contributed by atoms with van der Waals surface area (Å²) in [6.07, 6.45) is 6.19. The van der Waals surface area contributed by atoms with Gasteiger partial charge in [-0.15, -0.1) is 0 Å². The average Bonchev–Trinajstić information content (AvgIpc) is 2.97. The third-order valence-electron chi connectivity index (χ3n) is 6.75. The van der Waals surface area contributed by atoms with Gasteiger partial charge in [0.2, 0.25) is 0 Å². The van der Waals surface area contributed by atoms with E-state index in [1.54, 1.807) is 0 Å². The summed E-state index contributed by atoms with van der Waals surface area (Å²) in [5, 5.41) is 0. The van der Waals surface area contributed by atoms with E-state index in [9.17, 15) is 0 Å². The van der Waals surface area contributed by atoms with Gasteiger partial charge in [-0.2, -0.15) is 0 Å². The number of aryl methyl sites for hydroxylation is 1. The van der Waals surface area contributed by atoms with Gasteiger partial charge < -0.3 is 9.64 Å². The molecule has 2 fully saturated rings. The van der Waals surface area contributed by atoms with Crippen LogP contribution in [0.2, 0.25) is 0 Å². The minimum atomic E-state index is 0.405. The van der Waals surface area contributed by atoms with E-state index in [1.807, 2.05) is 14.0 Å². The molecule has 0 N–H and O–H groups in total. The van der Waals surface area contributed by atoms with Crippen molar-refractivity contribution in [3.05, 3.63) is 53.0 Å². The molecule has 148 valence electrons. The van der Waals surface area contributed by atoms with Crippen molar-refractivity contribution < 1.29 is 4.74 Å². The van der Waals surface area contributed by atoms with Gasteiger partial charge >= 0.3 is 0 Å². The summed E-state index contributed by atoms with van der Waals surface area (Å²) in [5.41, 5.74) is 4.00. The number of fused-ring (bicyclic) bond motifs is 3. The quantitative estimate of drug-likeness (QED) is 0.815. The molecular weight excluding hydrogens is 348 g/mol. The Hall–Kier alpha value is -1.98. The Balaban J connectivity index is 1.44. The first kappa shape index (κ1) is 18.1. The lowest BCUT2D eigenvalue weighted by molar-refractivity contribution is 0.0680. The van der Waals surface area contributed by atoms with E-state index in [0.29, 0.717) is 18.2 Å². The van der Waals surface area contributed by atoms with Crippen molar-refractivity contribution >= 4 is 5.82 Å². The topological polar surface area (TPSA) is 41.5 Å². The van der Waals surface area contributed by atoms with Gasteiger partial charge in [0, 0.05) is 50.8 Å². The average molecular weight is 379 g/mol. The standard InChI is InChI=1S/C23H30N4O/c1-16-24-22-10-11-26(14-17-6-4-3-5-7-17)15-21(22)23(25-16)27-18-8-9-19(27)13-20(12-18)28-2/h3-7,18-20H,8-15H2,1-2H3/t18-,19+,20+. The summed E-state index contributed by atoms with van der Waals surface area (Å²) in [7, 11) is 1.86. The fourth-order valence-corrected chi connectivity index (χ4v) is 5.43. The van der Waals surface area contributed by atoms with Crippen LogP contribution in [0.15, 0.2) is 30.3 Å². The molecule has 2 bridgehead atoms. The van der Waals surface area contributed by atoms with Crippen LogP contribution in [0.4, 0.5) is 5.82 Å². The van der Waals surface area contributed by atoms with Crippen molar-refractivity contribution in [1.29, 1.82) is 0 Å². The lowest BCUT2D eigenvalue weighted by Crippen LogP contribution is -2.47. The second-order valence-corrected chi connectivity index (χ2v) is 8.59. The Kier molecular flexibility index (Phi) is 4.81. The number of nitrogens with zero attached hydrogens (tertiary/aromatic N) is 4. The van der Waals surface area contributed by atoms with Gasteiger partial charge in [0.1, 0.15) is 11.6 Å². The first-order valence-electron chi connectivity index (χ1n) is 10.6. The van der Waals surface area contributed by atoms with Crippen LogP contribution in [0.25, 0.3) is 0 Å². The SMILES string of the molecule is CO[C@H]1C[C@H]2CC[C@@H](C1)N2c1nc(C)nc2c1CN(Cc1ccccc1)CC2. The van der Waals surface area contributed by atoms with Crippen molar-refractivity contribution in [2.24, 2.45) is 0 Å². The van der Waals surface area contributed by atoms with Gasteiger partial charge in [-0.05, 0) is 38.2 Å². The maximum atomic E-state index is 5.71. The van der Waals surface area contributed by atoms with Crippen LogP contribution in [0, 0.1) is 6.92 Å². The third-order valence-corrected chi connectivity index (χ3v) is 6.75. The van der Waals surface area contributed by atoms with Crippen molar-refractivity contribution in [2.45, 2.75) is 70.3 Å². The molecule has 5 nitrogen and oxygen atoms in total. The Bertz CT molecular complexity index is 826. The van der Waals surface area contributed by atoms with Crippen LogP contribution in [-0.4, -0.2) is 46.7 Å². The number of hydrogen-bond acceptors (Lipinski definition) is 5. The van der Waals surface area contributed by atoms with E-state index < -0.39 is 0 Å². The molecule has 0 radical (unpaired) electrons. The summed E-state index contributed by atoms with van der Waals surface area (Å²) >= 11 is 0. The zero-order valence-electron chi connectivity index (χ0n) is 17.0. The minimum Gasteiger partial charge on any atom is -0.381 e. The Morgan fingerprint density at radius 2 is 1.82 bits per heavy atom. The number of rotatable bonds is 4. The van der Waals surface area contributed by atoms with E-state index in [1.165, 1.54) is 35.5 Å². The first-order valence-corrected chi connectivity index (χ1v) is 10.6. The lowest BCUT2D eigenvalue weighted by Gasteiger charge is -2.41. The molecule has 5 heteroatoms. The maximum absolute atomic E-state index is 5.71. The summed E-state index contributed by atoms with van der Waals surface area (Å²) < 4.78 is 5.71. The van der Waals surface area contributed by atoms with Gasteiger partial charge in [0.15, 0.2) is 0 Å². The van der Waals surface area contributed by atoms with Gasteiger partial charge in [0.25, 0.3) is 0 Å². The molecule has 3 aliphatic rings. The normalized spacial score (nSPS) is 27.1. The number of anilines is 1. The van der Waals surface area contributed by atoms with Crippen LogP contribution < -0.4 is 4.90 Å². The smallest absolute Gasteiger partial charge is 0.137 e. The molecule has 1 aromatic carbocycles. The molecule has 3 aliphatic heterocycles. The fraction of sp³-hybridized carbons (Fsp3) is 0.565. The van der Waals surface area contributed by atoms with Crippen molar-refractivity contribution in [3.63, 3.8) is 0 Å². The molecule has 1 aromatic heterocycles. The number of ether oxygens (including phenoxy) is 1. The molecule has 2 aromatic rings. The molecule has 0 amide bonds. The van der Waals surface area contributed by atoms with E-state index in [4.69, 9.17) is 14.7 Å². The Morgan fingerprint density at radius 3 is 2.54 bits per heavy atom. The lowest BCUT2D eigenvalue weighted by atomic mass is 9.97. The van der Waals surface area contributed by atoms with Crippen molar-refractivity contribution in [2.75, 3.05) is 18.6 Å². The molecule has 3 atom stereocenters. The monoisotopic (exact) mass is 378 g/mol. The zero-order chi connectivity index (χ0) is 19.1. The Labute approximate surface area is 167 Å². The summed E-state index contributed by atoms with van der Waals surface area (Å²) in [6.45, 7) is 5.05. The summed E-state index contributed by atoms with van der Waals surface area (Å²) in [4.78, 5) is 15.0.